The lowest BCUT2D eigenvalue weighted by atomic mass is 9.83. The van der Waals surface area contributed by atoms with E-state index in [0.717, 1.165) is 41.8 Å². The van der Waals surface area contributed by atoms with Crippen LogP contribution in [-0.2, 0) is 10.2 Å². The summed E-state index contributed by atoms with van der Waals surface area (Å²) in [6.07, 6.45) is -1.08. The van der Waals surface area contributed by atoms with Crippen LogP contribution in [0.5, 0.6) is 5.75 Å². The Morgan fingerprint density at radius 3 is 2.41 bits per heavy atom. The van der Waals surface area contributed by atoms with Gasteiger partial charge >= 0.3 is 0 Å². The van der Waals surface area contributed by atoms with Gasteiger partial charge in [0.1, 0.15) is 17.4 Å². The summed E-state index contributed by atoms with van der Waals surface area (Å²) in [5, 5.41) is 10.0. The monoisotopic (exact) mass is 560 g/mol. The quantitative estimate of drug-likeness (QED) is 0.460. The van der Waals surface area contributed by atoms with Gasteiger partial charge in [0, 0.05) is 31.3 Å². The molecule has 39 heavy (non-hydrogen) atoms. The van der Waals surface area contributed by atoms with E-state index in [-0.39, 0.29) is 18.6 Å². The van der Waals surface area contributed by atoms with Crippen LogP contribution >= 0.6 is 0 Å². The maximum Gasteiger partial charge on any atom is 0.296 e. The van der Waals surface area contributed by atoms with Crippen LogP contribution in [0.25, 0.3) is 17.0 Å². The lowest BCUT2D eigenvalue weighted by Gasteiger charge is -2.30. The number of aliphatic hydroxyl groups is 1. The van der Waals surface area contributed by atoms with Crippen molar-refractivity contribution in [1.82, 2.24) is 19.5 Å². The largest absolute Gasteiger partial charge is 0.553 e. The van der Waals surface area contributed by atoms with Crippen molar-refractivity contribution in [3.63, 3.8) is 0 Å². The van der Waals surface area contributed by atoms with Gasteiger partial charge in [0.15, 0.2) is 5.82 Å². The summed E-state index contributed by atoms with van der Waals surface area (Å²) in [6.45, 7) is 13.1. The number of hydrogen-bond acceptors (Lipinski definition) is 8. The molecule has 0 radical (unpaired) electrons. The number of nitrogens with zero attached hydrogens (tertiary/aromatic N) is 6. The molecule has 1 atom stereocenters. The zero-order valence-corrected chi connectivity index (χ0v) is 25.6. The van der Waals surface area contributed by atoms with E-state index in [0.29, 0.717) is 59.5 Å². The first-order chi connectivity index (χ1) is 18.6. The third-order valence-electron chi connectivity index (χ3n) is 7.88. The van der Waals surface area contributed by atoms with E-state index in [1.165, 1.54) is 4.57 Å². The number of hydrogen-bond donors (Lipinski definition) is 1. The Balaban J connectivity index is 1.83. The lowest BCUT2D eigenvalue weighted by molar-refractivity contribution is 0.122. The zero-order chi connectivity index (χ0) is 28.1. The van der Waals surface area contributed by atoms with Crippen molar-refractivity contribution in [1.29, 1.82) is 0 Å². The molecule has 0 spiro atoms. The van der Waals surface area contributed by atoms with Crippen LogP contribution in [0, 0.1) is 13.8 Å². The van der Waals surface area contributed by atoms with E-state index >= 15 is 0 Å². The van der Waals surface area contributed by atoms with Gasteiger partial charge in [-0.25, -0.2) is 13.8 Å². The maximum absolute atomic E-state index is 14.7. The van der Waals surface area contributed by atoms with Crippen molar-refractivity contribution in [2.45, 2.75) is 65.3 Å². The second kappa shape index (κ2) is 10.6. The number of fused-ring (bicyclic) bond motifs is 1. The molecule has 0 bridgehead atoms. The minimum absolute atomic E-state index is 0.00112. The minimum Gasteiger partial charge on any atom is -0.553 e. The molecule has 3 aromatic rings. The molecule has 1 aromatic carbocycles. The highest BCUT2D eigenvalue weighted by molar-refractivity contribution is 6.01. The number of halogens is 2. The molecule has 1 unspecified atom stereocenters. The number of imidazole rings is 1. The fourth-order valence-electron chi connectivity index (χ4n) is 5.84. The molecular formula is C27H38F2N6O3Si. The van der Waals surface area contributed by atoms with Crippen molar-refractivity contribution >= 4 is 33.2 Å². The van der Waals surface area contributed by atoms with Gasteiger partial charge in [-0.15, -0.1) is 0 Å². The third kappa shape index (κ3) is 4.87. The molecule has 5 rings (SSSR count). The van der Waals surface area contributed by atoms with Gasteiger partial charge in [0.25, 0.3) is 6.43 Å². The fraction of sp³-hybridized carbons (Fsp3) is 0.593. The first-order valence-corrected chi connectivity index (χ1v) is 14.4. The molecule has 212 valence electrons. The smallest absolute Gasteiger partial charge is 0.296 e. The normalized spacial score (nSPS) is 18.6. The predicted molar refractivity (Wildman–Crippen MR) is 151 cm³/mol. The molecule has 2 aliphatic rings. The van der Waals surface area contributed by atoms with E-state index < -0.39 is 17.7 Å². The summed E-state index contributed by atoms with van der Waals surface area (Å²) in [6, 6.07) is 1.82. The van der Waals surface area contributed by atoms with Crippen molar-refractivity contribution in [2.24, 2.45) is 0 Å². The van der Waals surface area contributed by atoms with Gasteiger partial charge in [-0.2, -0.15) is 9.97 Å². The number of ether oxygens (including phenoxy) is 1. The summed E-state index contributed by atoms with van der Waals surface area (Å²) < 4.78 is 42.4. The molecule has 12 heteroatoms. The van der Waals surface area contributed by atoms with Crippen LogP contribution in [0.3, 0.4) is 0 Å². The molecule has 0 saturated carbocycles. The Bertz CT molecular complexity index is 1370. The zero-order valence-electron chi connectivity index (χ0n) is 23.6. The molecule has 9 nitrogen and oxygen atoms in total. The number of alkyl halides is 2. The van der Waals surface area contributed by atoms with E-state index in [4.69, 9.17) is 19.1 Å². The van der Waals surface area contributed by atoms with Crippen molar-refractivity contribution in [3.05, 3.63) is 28.6 Å². The SMILES string of the molecule is Cc1c(O[SiH3])c(C(C)(C)C)c2nc(C(F)F)n(-c3nc(N4CCOCC4)cc(N4CCCC4CO)n3)c2c1C. The third-order valence-corrected chi connectivity index (χ3v) is 8.29. The van der Waals surface area contributed by atoms with E-state index in [1.54, 1.807) is 0 Å². The second-order valence-corrected chi connectivity index (χ2v) is 11.8. The highest BCUT2D eigenvalue weighted by Crippen LogP contribution is 2.43. The first kappa shape index (κ1) is 27.7. The summed E-state index contributed by atoms with van der Waals surface area (Å²) in [5.74, 6) is 1.74. The fourth-order valence-corrected chi connectivity index (χ4v) is 6.35. The Kier molecular flexibility index (Phi) is 7.55. The van der Waals surface area contributed by atoms with Crippen LogP contribution in [0.2, 0.25) is 0 Å². The van der Waals surface area contributed by atoms with Gasteiger partial charge in [-0.05, 0) is 43.2 Å². The van der Waals surface area contributed by atoms with Gasteiger partial charge in [0.05, 0.1) is 36.9 Å². The lowest BCUT2D eigenvalue weighted by Crippen LogP contribution is -2.38. The standard InChI is InChI=1S/C27H38F2N6O3Si/c1-15-16(2)23(38-39)20(27(3,4)5)21-22(15)35(25(32-21)24(28)29)26-30-18(33-9-11-37-12-10-33)13-19(31-26)34-8-6-7-17(34)14-36/h13,17,24,36H,6-12,14H2,1-5,39H3. The highest BCUT2D eigenvalue weighted by Gasteiger charge is 2.33. The molecule has 2 saturated heterocycles. The molecular weight excluding hydrogens is 522 g/mol. The molecule has 1 N–H and O–H groups in total. The number of rotatable bonds is 6. The van der Waals surface area contributed by atoms with Crippen LogP contribution < -0.4 is 14.2 Å². The molecule has 2 aromatic heterocycles. The van der Waals surface area contributed by atoms with Gasteiger partial charge in [-0.1, -0.05) is 20.8 Å². The summed E-state index contributed by atoms with van der Waals surface area (Å²) in [4.78, 5) is 18.4. The summed E-state index contributed by atoms with van der Waals surface area (Å²) in [7, 11) is 0.463. The van der Waals surface area contributed by atoms with Crippen LogP contribution in [0.4, 0.5) is 20.4 Å². The van der Waals surface area contributed by atoms with Crippen LogP contribution in [-0.4, -0.2) is 80.6 Å². The Morgan fingerprint density at radius 2 is 1.79 bits per heavy atom. The van der Waals surface area contributed by atoms with Crippen LogP contribution in [0.15, 0.2) is 6.07 Å². The van der Waals surface area contributed by atoms with E-state index in [2.05, 4.69) is 14.8 Å². The summed E-state index contributed by atoms with van der Waals surface area (Å²) >= 11 is 0. The molecule has 2 aliphatic heterocycles. The molecule has 2 fully saturated rings. The number of morpholine rings is 1. The predicted octanol–water partition coefficient (Wildman–Crippen LogP) is 3.12. The van der Waals surface area contributed by atoms with Crippen LogP contribution in [0.1, 0.15) is 62.6 Å². The van der Waals surface area contributed by atoms with Crippen molar-refractivity contribution < 1.29 is 23.1 Å². The average molecular weight is 561 g/mol. The number of aromatic nitrogens is 4. The Labute approximate surface area is 230 Å². The second-order valence-electron chi connectivity index (χ2n) is 11.4. The average Bonchev–Trinajstić information content (AvgIpc) is 3.55. The van der Waals surface area contributed by atoms with Gasteiger partial charge in [0.2, 0.25) is 16.4 Å². The topological polar surface area (TPSA) is 88.8 Å². The Morgan fingerprint density at radius 1 is 1.10 bits per heavy atom. The number of benzene rings is 1. The van der Waals surface area contributed by atoms with Gasteiger partial charge in [-0.3, -0.25) is 4.57 Å². The molecule has 4 heterocycles. The number of aliphatic hydroxyl groups excluding tert-OH is 1. The summed E-state index contributed by atoms with van der Waals surface area (Å²) in [5.41, 5.74) is 3.17. The van der Waals surface area contributed by atoms with Gasteiger partial charge < -0.3 is 24.1 Å². The first-order valence-electron chi connectivity index (χ1n) is 13.5. The highest BCUT2D eigenvalue weighted by atomic mass is 28.2. The van der Waals surface area contributed by atoms with E-state index in [1.807, 2.05) is 40.7 Å². The molecule has 0 aliphatic carbocycles. The number of anilines is 2. The van der Waals surface area contributed by atoms with E-state index in [9.17, 15) is 13.9 Å². The molecule has 0 amide bonds. The van der Waals surface area contributed by atoms with Crippen molar-refractivity contribution in [3.8, 4) is 11.7 Å². The number of aryl methyl sites for hydroxylation is 1. The minimum atomic E-state index is -2.85. The maximum atomic E-state index is 14.7. The van der Waals surface area contributed by atoms with Crippen molar-refractivity contribution in [2.75, 3.05) is 49.3 Å². The Hall–Kier alpha value is -2.83.